The summed E-state index contributed by atoms with van der Waals surface area (Å²) in [6.45, 7) is 1.70. The zero-order chi connectivity index (χ0) is 13.6. The molecule has 0 unspecified atom stereocenters. The van der Waals surface area contributed by atoms with Crippen LogP contribution >= 0.6 is 0 Å². The van der Waals surface area contributed by atoms with E-state index >= 15 is 0 Å². The van der Waals surface area contributed by atoms with Gasteiger partial charge in [-0.25, -0.2) is 0 Å². The van der Waals surface area contributed by atoms with Crippen molar-refractivity contribution in [2.75, 3.05) is 5.32 Å². The third-order valence-corrected chi connectivity index (χ3v) is 3.37. The van der Waals surface area contributed by atoms with Crippen molar-refractivity contribution in [2.45, 2.75) is 19.1 Å². The van der Waals surface area contributed by atoms with Gasteiger partial charge in [-0.3, -0.25) is 9.59 Å². The van der Waals surface area contributed by atoms with E-state index in [1.807, 2.05) is 0 Å². The predicted molar refractivity (Wildman–Crippen MR) is 62.3 cm³/mol. The molecule has 3 rings (SSSR count). The molecule has 2 aliphatic heterocycles. The number of ether oxygens (including phenoxy) is 1. The molecule has 0 spiro atoms. The van der Waals surface area contributed by atoms with E-state index in [-0.39, 0.29) is 5.82 Å². The summed E-state index contributed by atoms with van der Waals surface area (Å²) in [6.07, 6.45) is 2.40. The number of carboxylic acids is 1. The Morgan fingerprint density at radius 3 is 2.58 bits per heavy atom. The number of carbonyl (C=O) groups excluding carboxylic acids is 1. The third kappa shape index (κ3) is 1.91. The number of aliphatic carboxylic acids is 1. The van der Waals surface area contributed by atoms with E-state index < -0.39 is 35.9 Å². The highest BCUT2D eigenvalue weighted by molar-refractivity contribution is 5.96. The van der Waals surface area contributed by atoms with Gasteiger partial charge < -0.3 is 19.7 Å². The number of anilines is 1. The molecule has 0 aromatic carbocycles. The van der Waals surface area contributed by atoms with E-state index in [0.717, 1.165) is 0 Å². The minimum atomic E-state index is -1.03. The maximum absolute atomic E-state index is 12.2. The second kappa shape index (κ2) is 4.20. The number of amides is 1. The summed E-state index contributed by atoms with van der Waals surface area (Å²) in [7, 11) is 0. The molecule has 4 atom stereocenters. The van der Waals surface area contributed by atoms with Gasteiger partial charge in [0.25, 0.3) is 0 Å². The van der Waals surface area contributed by atoms with Crippen molar-refractivity contribution < 1.29 is 24.0 Å². The summed E-state index contributed by atoms with van der Waals surface area (Å²) in [5, 5.41) is 15.4. The van der Waals surface area contributed by atoms with Gasteiger partial charge in [0.1, 0.15) is 11.7 Å². The first-order valence-electron chi connectivity index (χ1n) is 5.87. The first-order chi connectivity index (χ1) is 9.06. The average Bonchev–Trinajstić information content (AvgIpc) is 3.03. The van der Waals surface area contributed by atoms with Crippen molar-refractivity contribution in [3.8, 4) is 0 Å². The van der Waals surface area contributed by atoms with Crippen LogP contribution in [0.2, 0.25) is 0 Å². The van der Waals surface area contributed by atoms with E-state index in [1.165, 1.54) is 0 Å². The fourth-order valence-electron chi connectivity index (χ4n) is 2.55. The zero-order valence-electron chi connectivity index (χ0n) is 10.1. The number of rotatable bonds is 3. The SMILES string of the molecule is Cc1cc(NC(=O)[C@@H]2[C@@H](C(=O)O)[C@H]3C=C[C@H]2O3)no1. The third-order valence-electron chi connectivity index (χ3n) is 3.37. The highest BCUT2D eigenvalue weighted by Gasteiger charge is 2.53. The summed E-state index contributed by atoms with van der Waals surface area (Å²) < 4.78 is 10.3. The molecule has 2 bridgehead atoms. The molecule has 1 amide bonds. The fraction of sp³-hybridized carbons (Fsp3) is 0.417. The Bertz CT molecular complexity index is 564. The van der Waals surface area contributed by atoms with E-state index in [0.29, 0.717) is 5.76 Å². The average molecular weight is 264 g/mol. The van der Waals surface area contributed by atoms with Crippen molar-refractivity contribution in [1.29, 1.82) is 0 Å². The lowest BCUT2D eigenvalue weighted by Crippen LogP contribution is -2.39. The Morgan fingerprint density at radius 2 is 2.00 bits per heavy atom. The molecule has 0 radical (unpaired) electrons. The Balaban J connectivity index is 1.79. The standard InChI is InChI=1S/C12H12N2O5/c1-5-4-8(14-19-5)13-11(15)9-6-2-3-7(18-6)10(9)12(16)17/h2-4,6-7,9-10H,1H3,(H,16,17)(H,13,14,15)/t6-,7-,9+,10+/m1/s1. The van der Waals surface area contributed by atoms with E-state index in [9.17, 15) is 14.7 Å². The minimum absolute atomic E-state index is 0.276. The molecule has 19 heavy (non-hydrogen) atoms. The maximum atomic E-state index is 12.2. The maximum Gasteiger partial charge on any atom is 0.310 e. The second-order valence-electron chi connectivity index (χ2n) is 4.65. The van der Waals surface area contributed by atoms with Crippen LogP contribution in [0.25, 0.3) is 0 Å². The van der Waals surface area contributed by atoms with Crippen molar-refractivity contribution in [2.24, 2.45) is 11.8 Å². The first-order valence-corrected chi connectivity index (χ1v) is 5.87. The Labute approximate surface area is 108 Å². The molecule has 0 aliphatic carbocycles. The van der Waals surface area contributed by atoms with E-state index in [2.05, 4.69) is 10.5 Å². The number of carboxylic acid groups (broad SMARTS) is 1. The van der Waals surface area contributed by atoms with E-state index in [4.69, 9.17) is 9.26 Å². The summed E-state index contributed by atoms with van der Waals surface area (Å²) in [5.74, 6) is -2.22. The molecule has 7 nitrogen and oxygen atoms in total. The molecule has 2 N–H and O–H groups in total. The lowest BCUT2D eigenvalue weighted by molar-refractivity contribution is -0.145. The zero-order valence-corrected chi connectivity index (χ0v) is 10.1. The topological polar surface area (TPSA) is 102 Å². The number of fused-ring (bicyclic) bond motifs is 2. The molecule has 100 valence electrons. The monoisotopic (exact) mass is 264 g/mol. The smallest absolute Gasteiger partial charge is 0.310 e. The highest BCUT2D eigenvalue weighted by Crippen LogP contribution is 2.39. The lowest BCUT2D eigenvalue weighted by atomic mass is 9.82. The van der Waals surface area contributed by atoms with Crippen LogP contribution in [0.5, 0.6) is 0 Å². The van der Waals surface area contributed by atoms with Crippen molar-refractivity contribution in [1.82, 2.24) is 5.16 Å². The van der Waals surface area contributed by atoms with Crippen LogP contribution in [-0.4, -0.2) is 34.3 Å². The van der Waals surface area contributed by atoms with Gasteiger partial charge in [0.2, 0.25) is 5.91 Å². The lowest BCUT2D eigenvalue weighted by Gasteiger charge is -2.20. The summed E-state index contributed by atoms with van der Waals surface area (Å²) in [6, 6.07) is 1.57. The van der Waals surface area contributed by atoms with Crippen LogP contribution in [0.1, 0.15) is 5.76 Å². The van der Waals surface area contributed by atoms with Crippen molar-refractivity contribution in [3.63, 3.8) is 0 Å². The van der Waals surface area contributed by atoms with Crippen LogP contribution in [0.3, 0.4) is 0 Å². The van der Waals surface area contributed by atoms with Crippen molar-refractivity contribution in [3.05, 3.63) is 24.0 Å². The van der Waals surface area contributed by atoms with Gasteiger partial charge in [-0.15, -0.1) is 0 Å². The van der Waals surface area contributed by atoms with Crippen molar-refractivity contribution >= 4 is 17.7 Å². The number of hydrogen-bond donors (Lipinski definition) is 2. The van der Waals surface area contributed by atoms with Crippen LogP contribution in [0.4, 0.5) is 5.82 Å². The predicted octanol–water partition coefficient (Wildman–Crippen LogP) is 0.576. The second-order valence-corrected chi connectivity index (χ2v) is 4.65. The molecular weight excluding hydrogens is 252 g/mol. The van der Waals surface area contributed by atoms with Crippen LogP contribution in [0.15, 0.2) is 22.7 Å². The summed E-state index contributed by atoms with van der Waals surface area (Å²) >= 11 is 0. The Morgan fingerprint density at radius 1 is 1.32 bits per heavy atom. The van der Waals surface area contributed by atoms with Gasteiger partial charge in [-0.05, 0) is 6.92 Å². The van der Waals surface area contributed by atoms with Gasteiger partial charge in [-0.1, -0.05) is 17.3 Å². The quantitative estimate of drug-likeness (QED) is 0.774. The molecule has 1 fully saturated rings. The molecular formula is C12H12N2O5. The van der Waals surface area contributed by atoms with Gasteiger partial charge in [-0.2, -0.15) is 0 Å². The normalized spacial score (nSPS) is 31.6. The van der Waals surface area contributed by atoms with E-state index in [1.54, 1.807) is 25.1 Å². The number of nitrogens with one attached hydrogen (secondary N) is 1. The number of aromatic nitrogens is 1. The Hall–Kier alpha value is -2.15. The molecule has 3 heterocycles. The van der Waals surface area contributed by atoms with Gasteiger partial charge in [0, 0.05) is 6.07 Å². The van der Waals surface area contributed by atoms with Gasteiger partial charge in [0.05, 0.1) is 18.1 Å². The molecule has 7 heteroatoms. The van der Waals surface area contributed by atoms with Crippen LogP contribution < -0.4 is 5.32 Å². The molecule has 1 aromatic heterocycles. The van der Waals surface area contributed by atoms with Gasteiger partial charge in [0.15, 0.2) is 5.82 Å². The molecule has 1 saturated heterocycles. The largest absolute Gasteiger partial charge is 0.481 e. The number of nitrogens with zero attached hydrogens (tertiary/aromatic N) is 1. The fourth-order valence-corrected chi connectivity index (χ4v) is 2.55. The first kappa shape index (κ1) is 11.9. The highest BCUT2D eigenvalue weighted by atomic mass is 16.5. The number of hydrogen-bond acceptors (Lipinski definition) is 5. The number of carbonyl (C=O) groups is 2. The molecule has 2 aliphatic rings. The van der Waals surface area contributed by atoms with Gasteiger partial charge >= 0.3 is 5.97 Å². The van der Waals surface area contributed by atoms with Crippen LogP contribution in [0, 0.1) is 18.8 Å². The minimum Gasteiger partial charge on any atom is -0.481 e. The number of aryl methyl sites for hydroxylation is 1. The molecule has 0 saturated carbocycles. The summed E-state index contributed by atoms with van der Waals surface area (Å²) in [5.41, 5.74) is 0. The van der Waals surface area contributed by atoms with Crippen LogP contribution in [-0.2, 0) is 14.3 Å². The summed E-state index contributed by atoms with van der Waals surface area (Å²) in [4.78, 5) is 23.4. The molecule has 1 aromatic rings. The Kier molecular flexibility index (Phi) is 2.63.